The van der Waals surface area contributed by atoms with Crippen LogP contribution in [0.15, 0.2) is 46.0 Å². The number of oxazole rings is 1. The molecule has 1 amide bonds. The molecule has 0 spiro atoms. The number of benzene rings is 1. The van der Waals surface area contributed by atoms with Crippen LogP contribution in [0.4, 0.5) is 4.39 Å². The number of piperidine rings is 1. The number of aryl methyl sites for hydroxylation is 1. The van der Waals surface area contributed by atoms with Crippen molar-refractivity contribution in [2.75, 3.05) is 6.54 Å². The maximum atomic E-state index is 13.5. The number of hydrogen-bond acceptors (Lipinski definition) is 6. The molecule has 0 radical (unpaired) electrons. The van der Waals surface area contributed by atoms with Gasteiger partial charge in [-0.1, -0.05) is 12.1 Å². The first-order valence-electron chi connectivity index (χ1n) is 10.5. The number of likely N-dealkylation sites (tertiary alicyclic amines) is 1. The van der Waals surface area contributed by atoms with Crippen LogP contribution in [0.3, 0.4) is 0 Å². The quantitative estimate of drug-likeness (QED) is 0.496. The highest BCUT2D eigenvalue weighted by Gasteiger charge is 2.34. The Morgan fingerprint density at radius 3 is 3.03 bits per heavy atom. The smallest absolute Gasteiger partial charge is 0.264 e. The van der Waals surface area contributed by atoms with E-state index in [1.54, 1.807) is 24.1 Å². The summed E-state index contributed by atoms with van der Waals surface area (Å²) >= 11 is 1.24. The first-order valence-corrected chi connectivity index (χ1v) is 11.3. The number of nitrogens with zero attached hydrogens (tertiary/aromatic N) is 3. The highest BCUT2D eigenvalue weighted by Crippen LogP contribution is 2.35. The Kier molecular flexibility index (Phi) is 5.34. The van der Waals surface area contributed by atoms with Crippen molar-refractivity contribution < 1.29 is 13.6 Å². The molecule has 1 aliphatic heterocycles. The van der Waals surface area contributed by atoms with E-state index in [1.165, 1.54) is 29.8 Å². The van der Waals surface area contributed by atoms with Crippen molar-refractivity contribution >= 4 is 27.5 Å². The average molecular weight is 453 g/mol. The lowest BCUT2D eigenvalue weighted by Gasteiger charge is -2.33. The second-order valence-electron chi connectivity index (χ2n) is 7.95. The molecule has 1 N–H and O–H groups in total. The number of rotatable bonds is 4. The van der Waals surface area contributed by atoms with Crippen LogP contribution in [0, 0.1) is 12.7 Å². The van der Waals surface area contributed by atoms with Crippen molar-refractivity contribution in [2.24, 2.45) is 0 Å². The van der Waals surface area contributed by atoms with Gasteiger partial charge in [-0.3, -0.25) is 9.59 Å². The van der Waals surface area contributed by atoms with Crippen LogP contribution in [-0.4, -0.2) is 32.3 Å². The molecule has 0 aliphatic carbocycles. The molecular formula is C23H21FN4O3S. The van der Waals surface area contributed by atoms with Gasteiger partial charge in [-0.05, 0) is 49.4 Å². The van der Waals surface area contributed by atoms with Crippen LogP contribution in [0.25, 0.3) is 10.2 Å². The normalized spacial score (nSPS) is 16.6. The Morgan fingerprint density at radius 1 is 1.34 bits per heavy atom. The summed E-state index contributed by atoms with van der Waals surface area (Å²) in [4.78, 5) is 39.8. The number of thiophene rings is 1. The number of carbonyl (C=O) groups excluding carboxylic acids is 1. The zero-order chi connectivity index (χ0) is 22.2. The molecule has 1 aliphatic rings. The van der Waals surface area contributed by atoms with Gasteiger partial charge in [-0.15, -0.1) is 11.3 Å². The summed E-state index contributed by atoms with van der Waals surface area (Å²) in [5.41, 5.74) is 1.20. The fraction of sp³-hybridized carbons (Fsp3) is 0.304. The Balaban J connectivity index is 1.43. The van der Waals surface area contributed by atoms with Gasteiger partial charge in [-0.25, -0.2) is 14.4 Å². The van der Waals surface area contributed by atoms with Crippen LogP contribution in [0.5, 0.6) is 0 Å². The van der Waals surface area contributed by atoms with Gasteiger partial charge in [0.2, 0.25) is 5.89 Å². The number of aromatic amines is 1. The number of nitrogens with one attached hydrogen (secondary N) is 1. The predicted octanol–water partition coefficient (Wildman–Crippen LogP) is 4.38. The van der Waals surface area contributed by atoms with E-state index in [0.29, 0.717) is 45.3 Å². The van der Waals surface area contributed by atoms with E-state index in [2.05, 4.69) is 15.0 Å². The van der Waals surface area contributed by atoms with Gasteiger partial charge in [-0.2, -0.15) is 0 Å². The average Bonchev–Trinajstić information content (AvgIpc) is 3.38. The minimum absolute atomic E-state index is 0.139. The maximum Gasteiger partial charge on any atom is 0.264 e. The van der Waals surface area contributed by atoms with Gasteiger partial charge in [0.05, 0.1) is 22.8 Å². The Bertz CT molecular complexity index is 1360. The minimum Gasteiger partial charge on any atom is -0.443 e. The predicted molar refractivity (Wildman–Crippen MR) is 118 cm³/mol. The van der Waals surface area contributed by atoms with E-state index in [-0.39, 0.29) is 23.3 Å². The maximum absolute atomic E-state index is 13.5. The van der Waals surface area contributed by atoms with Crippen molar-refractivity contribution in [3.63, 3.8) is 0 Å². The monoisotopic (exact) mass is 452 g/mol. The summed E-state index contributed by atoms with van der Waals surface area (Å²) < 4.78 is 19.5. The van der Waals surface area contributed by atoms with E-state index in [1.807, 2.05) is 6.07 Å². The molecule has 3 aromatic heterocycles. The zero-order valence-electron chi connectivity index (χ0n) is 17.4. The molecule has 1 fully saturated rings. The van der Waals surface area contributed by atoms with Crippen LogP contribution < -0.4 is 5.56 Å². The van der Waals surface area contributed by atoms with Gasteiger partial charge in [0.1, 0.15) is 22.4 Å². The van der Waals surface area contributed by atoms with Gasteiger partial charge < -0.3 is 14.3 Å². The molecule has 0 saturated carbocycles. The van der Waals surface area contributed by atoms with E-state index < -0.39 is 0 Å². The molecule has 164 valence electrons. The first kappa shape index (κ1) is 20.6. The Hall–Kier alpha value is -3.33. The number of aromatic nitrogens is 3. The van der Waals surface area contributed by atoms with Crippen LogP contribution >= 0.6 is 11.3 Å². The molecule has 32 heavy (non-hydrogen) atoms. The topological polar surface area (TPSA) is 92.1 Å². The Labute approximate surface area is 186 Å². The fourth-order valence-electron chi connectivity index (χ4n) is 4.25. The van der Waals surface area contributed by atoms with Crippen molar-refractivity contribution in [1.82, 2.24) is 19.9 Å². The summed E-state index contributed by atoms with van der Waals surface area (Å²) in [6, 6.07) is 6.09. The molecule has 4 aromatic rings. The largest absolute Gasteiger partial charge is 0.443 e. The number of hydrogen-bond donors (Lipinski definition) is 1. The molecule has 0 unspecified atom stereocenters. The molecule has 4 heterocycles. The van der Waals surface area contributed by atoms with E-state index >= 15 is 0 Å². The standard InChI is InChI=1S/C23H21FN4O3S/c1-13-18-20(29)26-12-27-22(18)32-19(13)23(30)28-8-3-2-7-17(28)21-25-11-16(31-21)10-14-5-4-6-15(24)9-14/h4-6,9,11-12,17H,2-3,7-8,10H2,1H3,(H,26,27,29)/t17-/m0/s1. The third kappa shape index (κ3) is 3.73. The summed E-state index contributed by atoms with van der Waals surface area (Å²) in [5, 5.41) is 0.461. The van der Waals surface area contributed by atoms with Crippen molar-refractivity contribution in [3.05, 3.63) is 80.6 Å². The van der Waals surface area contributed by atoms with Gasteiger partial charge in [0, 0.05) is 13.0 Å². The number of fused-ring (bicyclic) bond motifs is 1. The van der Waals surface area contributed by atoms with E-state index in [9.17, 15) is 14.0 Å². The van der Waals surface area contributed by atoms with Gasteiger partial charge in [0.15, 0.2) is 0 Å². The van der Waals surface area contributed by atoms with Crippen molar-refractivity contribution in [3.8, 4) is 0 Å². The Morgan fingerprint density at radius 2 is 2.22 bits per heavy atom. The highest BCUT2D eigenvalue weighted by atomic mass is 32.1. The second-order valence-corrected chi connectivity index (χ2v) is 8.95. The number of carbonyl (C=O) groups is 1. The summed E-state index contributed by atoms with van der Waals surface area (Å²) in [5.74, 6) is 0.675. The minimum atomic E-state index is -0.293. The summed E-state index contributed by atoms with van der Waals surface area (Å²) in [6.45, 7) is 2.37. The van der Waals surface area contributed by atoms with Crippen LogP contribution in [0.2, 0.25) is 0 Å². The molecule has 1 aromatic carbocycles. The third-order valence-corrected chi connectivity index (χ3v) is 7.00. The van der Waals surface area contributed by atoms with Gasteiger partial charge in [0.25, 0.3) is 11.5 Å². The van der Waals surface area contributed by atoms with Crippen molar-refractivity contribution in [1.29, 1.82) is 0 Å². The third-order valence-electron chi connectivity index (χ3n) is 5.81. The second kappa shape index (κ2) is 8.31. The van der Waals surface area contributed by atoms with Gasteiger partial charge >= 0.3 is 0 Å². The van der Waals surface area contributed by atoms with E-state index in [0.717, 1.165) is 24.8 Å². The zero-order valence-corrected chi connectivity index (χ0v) is 18.2. The SMILES string of the molecule is Cc1c(C(=O)N2CCCC[C@H]2c2ncc(Cc3cccc(F)c3)o2)sc2nc[nH]c(=O)c12. The molecule has 9 heteroatoms. The lowest BCUT2D eigenvalue weighted by atomic mass is 10.0. The molecule has 5 rings (SSSR count). The molecule has 1 saturated heterocycles. The number of amides is 1. The fourth-order valence-corrected chi connectivity index (χ4v) is 5.36. The lowest BCUT2D eigenvalue weighted by Crippen LogP contribution is -2.38. The van der Waals surface area contributed by atoms with Crippen LogP contribution in [0.1, 0.15) is 57.8 Å². The van der Waals surface area contributed by atoms with Crippen molar-refractivity contribution in [2.45, 2.75) is 38.6 Å². The number of H-pyrrole nitrogens is 1. The van der Waals surface area contributed by atoms with Crippen LogP contribution in [-0.2, 0) is 6.42 Å². The molecular weight excluding hydrogens is 431 g/mol. The summed E-state index contributed by atoms with van der Waals surface area (Å²) in [7, 11) is 0. The first-order chi connectivity index (χ1) is 15.5. The number of halogens is 1. The molecule has 0 bridgehead atoms. The summed E-state index contributed by atoms with van der Waals surface area (Å²) in [6.07, 6.45) is 6.02. The highest BCUT2D eigenvalue weighted by molar-refractivity contribution is 7.20. The molecule has 7 nitrogen and oxygen atoms in total. The molecule has 1 atom stereocenters. The lowest BCUT2D eigenvalue weighted by molar-refractivity contribution is 0.0574. The van der Waals surface area contributed by atoms with E-state index in [4.69, 9.17) is 4.42 Å².